The van der Waals surface area contributed by atoms with Crippen LogP contribution in [0.4, 0.5) is 0 Å². The van der Waals surface area contributed by atoms with Gasteiger partial charge in [-0.25, -0.2) is 14.8 Å². The summed E-state index contributed by atoms with van der Waals surface area (Å²) < 4.78 is 0. The number of pyridine rings is 1. The SMILES string of the molecule is Cc1nc(C(=O)NCCc2cnc[nH]2)ccc1C(=O)O. The standard InChI is InChI=1S/C13H14N4O3/c1-8-10(13(19)20)2-3-11(17-8)12(18)15-5-4-9-6-14-7-16-9/h2-3,6-7H,4-5H2,1H3,(H,14,16)(H,15,18)(H,19,20). The van der Waals surface area contributed by atoms with Gasteiger partial charge in [0.2, 0.25) is 0 Å². The predicted octanol–water partition coefficient (Wildman–Crippen LogP) is 0.784. The van der Waals surface area contributed by atoms with Crippen LogP contribution < -0.4 is 5.32 Å². The van der Waals surface area contributed by atoms with E-state index in [0.29, 0.717) is 18.7 Å². The molecular weight excluding hydrogens is 260 g/mol. The average Bonchev–Trinajstić information content (AvgIpc) is 2.91. The molecule has 2 rings (SSSR count). The van der Waals surface area contributed by atoms with Gasteiger partial charge in [-0.15, -0.1) is 0 Å². The van der Waals surface area contributed by atoms with Crippen LogP contribution in [0.2, 0.25) is 0 Å². The number of carboxylic acids is 1. The number of carbonyl (C=O) groups excluding carboxylic acids is 1. The van der Waals surface area contributed by atoms with Crippen LogP contribution >= 0.6 is 0 Å². The minimum absolute atomic E-state index is 0.0963. The number of nitrogens with one attached hydrogen (secondary N) is 2. The quantitative estimate of drug-likeness (QED) is 0.746. The van der Waals surface area contributed by atoms with Gasteiger partial charge in [0, 0.05) is 24.9 Å². The highest BCUT2D eigenvalue weighted by Crippen LogP contribution is 2.07. The van der Waals surface area contributed by atoms with Crippen LogP contribution in [0.15, 0.2) is 24.7 Å². The Morgan fingerprint density at radius 3 is 2.80 bits per heavy atom. The van der Waals surface area contributed by atoms with Gasteiger partial charge in [-0.2, -0.15) is 0 Å². The van der Waals surface area contributed by atoms with E-state index in [0.717, 1.165) is 5.69 Å². The van der Waals surface area contributed by atoms with Crippen molar-refractivity contribution in [2.24, 2.45) is 0 Å². The molecule has 0 fully saturated rings. The summed E-state index contributed by atoms with van der Waals surface area (Å²) >= 11 is 0. The third-order valence-electron chi connectivity index (χ3n) is 2.78. The molecule has 0 aromatic carbocycles. The number of aromatic nitrogens is 3. The molecule has 3 N–H and O–H groups in total. The van der Waals surface area contributed by atoms with Crippen molar-refractivity contribution in [3.8, 4) is 0 Å². The van der Waals surface area contributed by atoms with Gasteiger partial charge in [0.1, 0.15) is 5.69 Å². The van der Waals surface area contributed by atoms with E-state index in [9.17, 15) is 9.59 Å². The fourth-order valence-electron chi connectivity index (χ4n) is 1.74. The minimum atomic E-state index is -1.05. The molecule has 2 heterocycles. The number of carboxylic acid groups (broad SMARTS) is 1. The second-order valence-electron chi connectivity index (χ2n) is 4.22. The van der Waals surface area contributed by atoms with Gasteiger partial charge in [-0.1, -0.05) is 0 Å². The van der Waals surface area contributed by atoms with Crippen LogP contribution in [0.1, 0.15) is 32.2 Å². The van der Waals surface area contributed by atoms with Crippen molar-refractivity contribution >= 4 is 11.9 Å². The number of carbonyl (C=O) groups is 2. The van der Waals surface area contributed by atoms with Crippen molar-refractivity contribution in [2.45, 2.75) is 13.3 Å². The first kappa shape index (κ1) is 13.7. The molecule has 0 atom stereocenters. The van der Waals surface area contributed by atoms with Gasteiger partial charge in [0.15, 0.2) is 0 Å². The molecule has 0 unspecified atom stereocenters. The van der Waals surface area contributed by atoms with Crippen LogP contribution in [0.3, 0.4) is 0 Å². The normalized spacial score (nSPS) is 10.2. The molecule has 2 aromatic rings. The fraction of sp³-hybridized carbons (Fsp3) is 0.231. The van der Waals surface area contributed by atoms with Crippen LogP contribution in [-0.2, 0) is 6.42 Å². The molecule has 0 spiro atoms. The molecule has 0 aliphatic heterocycles. The van der Waals surface area contributed by atoms with E-state index in [1.54, 1.807) is 19.4 Å². The summed E-state index contributed by atoms with van der Waals surface area (Å²) in [6.07, 6.45) is 3.90. The van der Waals surface area contributed by atoms with Crippen molar-refractivity contribution in [2.75, 3.05) is 6.54 Å². The highest BCUT2D eigenvalue weighted by molar-refractivity contribution is 5.94. The van der Waals surface area contributed by atoms with Gasteiger partial charge in [-0.3, -0.25) is 4.79 Å². The van der Waals surface area contributed by atoms with Gasteiger partial charge in [0.05, 0.1) is 17.6 Å². The Labute approximate surface area is 115 Å². The lowest BCUT2D eigenvalue weighted by Crippen LogP contribution is -2.27. The number of rotatable bonds is 5. The number of aromatic amines is 1. The van der Waals surface area contributed by atoms with E-state index in [4.69, 9.17) is 5.11 Å². The Balaban J connectivity index is 1.95. The van der Waals surface area contributed by atoms with Crippen molar-refractivity contribution in [1.29, 1.82) is 0 Å². The molecular formula is C13H14N4O3. The Morgan fingerprint density at radius 2 is 2.20 bits per heavy atom. The van der Waals surface area contributed by atoms with Gasteiger partial charge in [0.25, 0.3) is 5.91 Å². The summed E-state index contributed by atoms with van der Waals surface area (Å²) in [4.78, 5) is 33.5. The number of hydrogen-bond acceptors (Lipinski definition) is 4. The number of aromatic carboxylic acids is 1. The second-order valence-corrected chi connectivity index (χ2v) is 4.22. The summed E-state index contributed by atoms with van der Waals surface area (Å²) in [6.45, 7) is 2.01. The van der Waals surface area contributed by atoms with Crippen molar-refractivity contribution in [3.63, 3.8) is 0 Å². The molecule has 2 aromatic heterocycles. The predicted molar refractivity (Wildman–Crippen MR) is 70.6 cm³/mol. The molecule has 7 heteroatoms. The topological polar surface area (TPSA) is 108 Å². The van der Waals surface area contributed by atoms with Crippen LogP contribution in [0.25, 0.3) is 0 Å². The van der Waals surface area contributed by atoms with Gasteiger partial charge < -0.3 is 15.4 Å². The molecule has 0 saturated carbocycles. The van der Waals surface area contributed by atoms with E-state index in [-0.39, 0.29) is 17.2 Å². The van der Waals surface area contributed by atoms with E-state index < -0.39 is 5.97 Å². The van der Waals surface area contributed by atoms with E-state index in [1.165, 1.54) is 12.1 Å². The first-order chi connectivity index (χ1) is 9.58. The average molecular weight is 274 g/mol. The number of hydrogen-bond donors (Lipinski definition) is 3. The molecule has 0 radical (unpaired) electrons. The van der Waals surface area contributed by atoms with E-state index in [1.807, 2.05) is 0 Å². The Hall–Kier alpha value is -2.70. The monoisotopic (exact) mass is 274 g/mol. The van der Waals surface area contributed by atoms with Crippen molar-refractivity contribution in [3.05, 3.63) is 47.3 Å². The lowest BCUT2D eigenvalue weighted by molar-refractivity contribution is 0.0694. The summed E-state index contributed by atoms with van der Waals surface area (Å²) in [6, 6.07) is 2.79. The van der Waals surface area contributed by atoms with Gasteiger partial charge in [-0.05, 0) is 19.1 Å². The molecule has 7 nitrogen and oxygen atoms in total. The number of H-pyrrole nitrogens is 1. The molecule has 0 bridgehead atoms. The molecule has 104 valence electrons. The summed E-state index contributed by atoms with van der Waals surface area (Å²) in [7, 11) is 0. The largest absolute Gasteiger partial charge is 0.478 e. The number of aryl methyl sites for hydroxylation is 1. The highest BCUT2D eigenvalue weighted by Gasteiger charge is 2.12. The maximum absolute atomic E-state index is 11.9. The number of amides is 1. The number of imidazole rings is 1. The van der Waals surface area contributed by atoms with E-state index in [2.05, 4.69) is 20.3 Å². The zero-order valence-corrected chi connectivity index (χ0v) is 10.9. The molecule has 20 heavy (non-hydrogen) atoms. The third-order valence-corrected chi connectivity index (χ3v) is 2.78. The lowest BCUT2D eigenvalue weighted by Gasteiger charge is -2.06. The maximum atomic E-state index is 11.9. The van der Waals surface area contributed by atoms with Crippen LogP contribution in [-0.4, -0.2) is 38.5 Å². The summed E-state index contributed by atoms with van der Waals surface area (Å²) in [5.74, 6) is -1.38. The maximum Gasteiger partial charge on any atom is 0.337 e. The zero-order chi connectivity index (χ0) is 14.5. The Bertz CT molecular complexity index is 623. The lowest BCUT2D eigenvalue weighted by atomic mass is 10.2. The molecule has 0 aliphatic carbocycles. The zero-order valence-electron chi connectivity index (χ0n) is 10.9. The van der Waals surface area contributed by atoms with Crippen molar-refractivity contribution in [1.82, 2.24) is 20.3 Å². The number of nitrogens with zero attached hydrogens (tertiary/aromatic N) is 2. The molecule has 0 saturated heterocycles. The van der Waals surface area contributed by atoms with Crippen LogP contribution in [0.5, 0.6) is 0 Å². The Morgan fingerprint density at radius 1 is 1.40 bits per heavy atom. The van der Waals surface area contributed by atoms with Gasteiger partial charge >= 0.3 is 5.97 Å². The van der Waals surface area contributed by atoms with Crippen molar-refractivity contribution < 1.29 is 14.7 Å². The third kappa shape index (κ3) is 3.19. The first-order valence-corrected chi connectivity index (χ1v) is 6.04. The smallest absolute Gasteiger partial charge is 0.337 e. The van der Waals surface area contributed by atoms with Crippen LogP contribution in [0, 0.1) is 6.92 Å². The Kier molecular flexibility index (Phi) is 4.09. The highest BCUT2D eigenvalue weighted by atomic mass is 16.4. The summed E-state index contributed by atoms with van der Waals surface area (Å²) in [5, 5.41) is 11.6. The summed E-state index contributed by atoms with van der Waals surface area (Å²) in [5.41, 5.74) is 1.55. The minimum Gasteiger partial charge on any atom is -0.478 e. The second kappa shape index (κ2) is 5.96. The fourth-order valence-corrected chi connectivity index (χ4v) is 1.74. The first-order valence-electron chi connectivity index (χ1n) is 6.04. The molecule has 0 aliphatic rings. The molecule has 1 amide bonds. The van der Waals surface area contributed by atoms with E-state index >= 15 is 0 Å².